The number of rotatable bonds is 9. The monoisotopic (exact) mass is 277 g/mol. The largest absolute Gasteiger partial charge is 0.377 e. The predicted molar refractivity (Wildman–Crippen MR) is 87.4 cm³/mol. The number of hydrogen-bond donors (Lipinski definition) is 1. The molecule has 0 bridgehead atoms. The Labute approximate surface area is 124 Å². The maximum absolute atomic E-state index is 5.88. The normalized spacial score (nSPS) is 14.5. The van der Waals surface area contributed by atoms with Gasteiger partial charge >= 0.3 is 0 Å². The molecule has 0 aliphatic carbocycles. The molecule has 2 atom stereocenters. The minimum Gasteiger partial charge on any atom is -0.377 e. The molecule has 1 aromatic carbocycles. The molecule has 114 valence electrons. The van der Waals surface area contributed by atoms with Crippen molar-refractivity contribution in [3.05, 3.63) is 35.4 Å². The van der Waals surface area contributed by atoms with E-state index in [0.717, 1.165) is 26.0 Å². The zero-order chi connectivity index (χ0) is 15.0. The molecule has 1 rings (SSSR count). The molecule has 2 nitrogen and oxygen atoms in total. The number of ether oxygens (including phenoxy) is 1. The summed E-state index contributed by atoms with van der Waals surface area (Å²) in [6.45, 7) is 12.7. The van der Waals surface area contributed by atoms with Crippen LogP contribution in [0.3, 0.4) is 0 Å². The summed E-state index contributed by atoms with van der Waals surface area (Å²) in [7, 11) is 0. The number of nitrogens with one attached hydrogen (secondary N) is 1. The highest BCUT2D eigenvalue weighted by Crippen LogP contribution is 2.17. The van der Waals surface area contributed by atoms with Crippen molar-refractivity contribution < 1.29 is 4.74 Å². The van der Waals surface area contributed by atoms with Gasteiger partial charge in [-0.2, -0.15) is 0 Å². The second-order valence-corrected chi connectivity index (χ2v) is 5.67. The van der Waals surface area contributed by atoms with E-state index in [-0.39, 0.29) is 0 Å². The number of benzene rings is 1. The van der Waals surface area contributed by atoms with E-state index in [0.29, 0.717) is 18.1 Å². The third-order valence-electron chi connectivity index (χ3n) is 3.80. The molecule has 0 heterocycles. The highest BCUT2D eigenvalue weighted by molar-refractivity contribution is 5.25. The van der Waals surface area contributed by atoms with Crippen molar-refractivity contribution in [2.75, 3.05) is 13.2 Å². The summed E-state index contributed by atoms with van der Waals surface area (Å²) in [5.41, 5.74) is 2.80. The number of hydrogen-bond acceptors (Lipinski definition) is 2. The van der Waals surface area contributed by atoms with E-state index in [9.17, 15) is 0 Å². The van der Waals surface area contributed by atoms with E-state index in [2.05, 4.69) is 64.2 Å². The van der Waals surface area contributed by atoms with E-state index in [1.165, 1.54) is 11.1 Å². The topological polar surface area (TPSA) is 21.3 Å². The van der Waals surface area contributed by atoms with E-state index in [4.69, 9.17) is 4.74 Å². The van der Waals surface area contributed by atoms with Gasteiger partial charge in [0.25, 0.3) is 0 Å². The average Bonchev–Trinajstić information content (AvgIpc) is 2.45. The smallest absolute Gasteiger partial charge is 0.0728 e. The summed E-state index contributed by atoms with van der Waals surface area (Å²) in [5, 5.41) is 3.58. The van der Waals surface area contributed by atoms with Crippen LogP contribution in [0.15, 0.2) is 24.3 Å². The lowest BCUT2D eigenvalue weighted by molar-refractivity contribution is 0.0323. The summed E-state index contributed by atoms with van der Waals surface area (Å²) >= 11 is 0. The van der Waals surface area contributed by atoms with Crippen molar-refractivity contribution in [1.29, 1.82) is 0 Å². The standard InChI is InChI=1S/C18H31NO/c1-6-18(20-8-3)17(19-7-2)13-15-9-11-16(12-10-15)14(4)5/h9-12,14,17-19H,6-8,13H2,1-5H3. The molecule has 0 aliphatic heterocycles. The van der Waals surface area contributed by atoms with Crippen LogP contribution in [0.2, 0.25) is 0 Å². The van der Waals surface area contributed by atoms with Crippen molar-refractivity contribution in [2.24, 2.45) is 0 Å². The van der Waals surface area contributed by atoms with Gasteiger partial charge in [0.1, 0.15) is 0 Å². The SMILES string of the molecule is CCNC(Cc1ccc(C(C)C)cc1)C(CC)OCC. The zero-order valence-electron chi connectivity index (χ0n) is 13.8. The highest BCUT2D eigenvalue weighted by Gasteiger charge is 2.19. The average molecular weight is 277 g/mol. The summed E-state index contributed by atoms with van der Waals surface area (Å²) < 4.78 is 5.88. The Morgan fingerprint density at radius 1 is 1.05 bits per heavy atom. The van der Waals surface area contributed by atoms with Gasteiger partial charge in [-0.05, 0) is 43.4 Å². The Hall–Kier alpha value is -0.860. The molecule has 0 fully saturated rings. The molecule has 2 unspecified atom stereocenters. The van der Waals surface area contributed by atoms with Gasteiger partial charge in [0, 0.05) is 12.6 Å². The number of likely N-dealkylation sites (N-methyl/N-ethyl adjacent to an activating group) is 1. The Balaban J connectivity index is 2.73. The Kier molecular flexibility index (Phi) is 7.86. The van der Waals surface area contributed by atoms with Crippen LogP contribution >= 0.6 is 0 Å². The van der Waals surface area contributed by atoms with Gasteiger partial charge < -0.3 is 10.1 Å². The van der Waals surface area contributed by atoms with Crippen molar-refractivity contribution >= 4 is 0 Å². The Morgan fingerprint density at radius 2 is 1.70 bits per heavy atom. The Morgan fingerprint density at radius 3 is 2.15 bits per heavy atom. The van der Waals surface area contributed by atoms with Crippen LogP contribution in [0.1, 0.15) is 58.1 Å². The van der Waals surface area contributed by atoms with E-state index < -0.39 is 0 Å². The van der Waals surface area contributed by atoms with Gasteiger partial charge in [0.2, 0.25) is 0 Å². The maximum atomic E-state index is 5.88. The molecule has 0 radical (unpaired) electrons. The fraction of sp³-hybridized carbons (Fsp3) is 0.667. The molecule has 0 aliphatic rings. The quantitative estimate of drug-likeness (QED) is 0.732. The van der Waals surface area contributed by atoms with Crippen LogP contribution in [0, 0.1) is 0 Å². The summed E-state index contributed by atoms with van der Waals surface area (Å²) in [4.78, 5) is 0. The second kappa shape index (κ2) is 9.15. The van der Waals surface area contributed by atoms with E-state index in [1.807, 2.05) is 0 Å². The Bertz CT molecular complexity index is 358. The summed E-state index contributed by atoms with van der Waals surface area (Å²) in [6.07, 6.45) is 2.38. The van der Waals surface area contributed by atoms with Crippen molar-refractivity contribution in [3.8, 4) is 0 Å². The predicted octanol–water partition coefficient (Wildman–Crippen LogP) is 4.15. The molecule has 0 amide bonds. The maximum Gasteiger partial charge on any atom is 0.0728 e. The van der Waals surface area contributed by atoms with Crippen molar-refractivity contribution in [1.82, 2.24) is 5.32 Å². The van der Waals surface area contributed by atoms with Crippen LogP contribution < -0.4 is 5.32 Å². The first-order valence-electron chi connectivity index (χ1n) is 8.06. The van der Waals surface area contributed by atoms with Crippen molar-refractivity contribution in [2.45, 2.75) is 65.5 Å². The molecule has 0 saturated carbocycles. The van der Waals surface area contributed by atoms with Gasteiger partial charge in [0.15, 0.2) is 0 Å². The fourth-order valence-corrected chi connectivity index (χ4v) is 2.62. The third kappa shape index (κ3) is 5.26. The minimum atomic E-state index is 0.296. The van der Waals surface area contributed by atoms with Crippen LogP contribution in [-0.4, -0.2) is 25.3 Å². The fourth-order valence-electron chi connectivity index (χ4n) is 2.62. The molecule has 0 aromatic heterocycles. The van der Waals surface area contributed by atoms with E-state index in [1.54, 1.807) is 0 Å². The first-order valence-corrected chi connectivity index (χ1v) is 8.06. The molecule has 0 spiro atoms. The lowest BCUT2D eigenvalue weighted by Crippen LogP contribution is -2.42. The molecular formula is C18H31NO. The van der Waals surface area contributed by atoms with Gasteiger partial charge in [-0.1, -0.05) is 52.0 Å². The van der Waals surface area contributed by atoms with E-state index >= 15 is 0 Å². The summed E-state index contributed by atoms with van der Waals surface area (Å²) in [6, 6.07) is 9.43. The third-order valence-corrected chi connectivity index (χ3v) is 3.80. The molecular weight excluding hydrogens is 246 g/mol. The lowest BCUT2D eigenvalue weighted by Gasteiger charge is -2.27. The minimum absolute atomic E-state index is 0.296. The van der Waals surface area contributed by atoms with Crippen LogP contribution in [0.4, 0.5) is 0 Å². The lowest BCUT2D eigenvalue weighted by atomic mass is 9.96. The van der Waals surface area contributed by atoms with Gasteiger partial charge in [0.05, 0.1) is 6.10 Å². The molecule has 1 aromatic rings. The molecule has 0 saturated heterocycles. The van der Waals surface area contributed by atoms with Crippen molar-refractivity contribution in [3.63, 3.8) is 0 Å². The zero-order valence-corrected chi connectivity index (χ0v) is 13.8. The molecule has 1 N–H and O–H groups in total. The van der Waals surface area contributed by atoms with Gasteiger partial charge in [-0.25, -0.2) is 0 Å². The summed E-state index contributed by atoms with van der Waals surface area (Å²) in [5.74, 6) is 0.598. The van der Waals surface area contributed by atoms with Crippen LogP contribution in [0.25, 0.3) is 0 Å². The highest BCUT2D eigenvalue weighted by atomic mass is 16.5. The van der Waals surface area contributed by atoms with Crippen LogP contribution in [0.5, 0.6) is 0 Å². The first-order chi connectivity index (χ1) is 9.62. The molecule has 20 heavy (non-hydrogen) atoms. The van der Waals surface area contributed by atoms with Gasteiger partial charge in [-0.3, -0.25) is 0 Å². The second-order valence-electron chi connectivity index (χ2n) is 5.67. The molecule has 2 heteroatoms. The first kappa shape index (κ1) is 17.2. The van der Waals surface area contributed by atoms with Gasteiger partial charge in [-0.15, -0.1) is 0 Å². The van der Waals surface area contributed by atoms with Crippen LogP contribution in [-0.2, 0) is 11.2 Å².